The first-order valence-corrected chi connectivity index (χ1v) is 8.57. The quantitative estimate of drug-likeness (QED) is 0.412. The number of hydrogen-bond donors (Lipinski definition) is 1. The maximum atomic E-state index is 10.9. The average molecular weight is 285 g/mol. The van der Waals surface area contributed by atoms with Crippen LogP contribution in [-0.2, 0) is 9.90 Å². The monoisotopic (exact) mass is 285 g/mol. The third kappa shape index (κ3) is 13.9. The highest BCUT2D eigenvalue weighted by molar-refractivity contribution is 5.71. The summed E-state index contributed by atoms with van der Waals surface area (Å²) in [6.07, 6.45) is 15.2. The largest absolute Gasteiger partial charge is 0.479 e. The Morgan fingerprint density at radius 2 is 1.10 bits per heavy atom. The maximum absolute atomic E-state index is 10.9. The molecule has 1 unspecified atom stereocenters. The summed E-state index contributed by atoms with van der Waals surface area (Å²) in [4.78, 5) is 10.3. The van der Waals surface area contributed by atoms with Crippen molar-refractivity contribution in [2.45, 2.75) is 103 Å². The van der Waals surface area contributed by atoms with Gasteiger partial charge >= 0.3 is 5.97 Å². The van der Waals surface area contributed by atoms with Crippen LogP contribution in [0.25, 0.3) is 0 Å². The van der Waals surface area contributed by atoms with E-state index in [4.69, 9.17) is 5.11 Å². The molecule has 1 atom stereocenters. The SMILES string of the molecule is CCCCCCCCCCCCCCCC([O])C(=O)O. The molecule has 0 fully saturated rings. The zero-order chi connectivity index (χ0) is 15.1. The lowest BCUT2D eigenvalue weighted by Crippen LogP contribution is -2.17. The molecule has 3 nitrogen and oxygen atoms in total. The molecule has 0 heterocycles. The van der Waals surface area contributed by atoms with E-state index in [1.807, 2.05) is 0 Å². The summed E-state index contributed by atoms with van der Waals surface area (Å²) in [5.74, 6) is -1.20. The van der Waals surface area contributed by atoms with Crippen LogP contribution in [-0.4, -0.2) is 17.2 Å². The molecule has 0 spiro atoms. The summed E-state index contributed by atoms with van der Waals surface area (Å²) in [6.45, 7) is 2.25. The molecular weight excluding hydrogens is 252 g/mol. The first kappa shape index (κ1) is 19.4. The Kier molecular flexibility index (Phi) is 14.4. The predicted octanol–water partition coefficient (Wildman–Crippen LogP) is 5.35. The second-order valence-corrected chi connectivity index (χ2v) is 5.86. The van der Waals surface area contributed by atoms with Crippen molar-refractivity contribution >= 4 is 5.97 Å². The van der Waals surface area contributed by atoms with Gasteiger partial charge in [0.2, 0.25) is 0 Å². The van der Waals surface area contributed by atoms with Gasteiger partial charge in [0.25, 0.3) is 0 Å². The number of rotatable bonds is 15. The number of carbonyl (C=O) groups is 1. The van der Waals surface area contributed by atoms with Crippen molar-refractivity contribution in [3.63, 3.8) is 0 Å². The molecule has 0 saturated carbocycles. The van der Waals surface area contributed by atoms with Crippen LogP contribution in [0.4, 0.5) is 0 Å². The van der Waals surface area contributed by atoms with Gasteiger partial charge in [-0.1, -0.05) is 90.4 Å². The van der Waals surface area contributed by atoms with Crippen molar-refractivity contribution in [3.05, 3.63) is 0 Å². The molecule has 0 amide bonds. The van der Waals surface area contributed by atoms with Gasteiger partial charge in [0.05, 0.1) is 0 Å². The van der Waals surface area contributed by atoms with Gasteiger partial charge in [-0.25, -0.2) is 9.90 Å². The summed E-state index contributed by atoms with van der Waals surface area (Å²) >= 11 is 0. The molecule has 0 aliphatic rings. The predicted molar refractivity (Wildman–Crippen MR) is 82.4 cm³/mol. The number of aliphatic carboxylic acids is 1. The molecule has 0 rings (SSSR count). The van der Waals surface area contributed by atoms with Gasteiger partial charge in [0, 0.05) is 0 Å². The van der Waals surface area contributed by atoms with Gasteiger partial charge in [0.1, 0.15) is 0 Å². The molecular formula is C17H33O3. The fourth-order valence-electron chi connectivity index (χ4n) is 2.47. The van der Waals surface area contributed by atoms with Gasteiger partial charge in [-0.05, 0) is 6.42 Å². The van der Waals surface area contributed by atoms with Crippen LogP contribution in [0.3, 0.4) is 0 Å². The van der Waals surface area contributed by atoms with E-state index < -0.39 is 12.1 Å². The van der Waals surface area contributed by atoms with Crippen LogP contribution in [0.2, 0.25) is 0 Å². The van der Waals surface area contributed by atoms with E-state index in [0.717, 1.165) is 19.3 Å². The topological polar surface area (TPSA) is 57.2 Å². The second-order valence-electron chi connectivity index (χ2n) is 5.86. The third-order valence-corrected chi connectivity index (χ3v) is 3.85. The van der Waals surface area contributed by atoms with Gasteiger partial charge in [-0.3, -0.25) is 0 Å². The summed E-state index contributed by atoms with van der Waals surface area (Å²) in [7, 11) is 0. The second kappa shape index (κ2) is 14.8. The minimum absolute atomic E-state index is 0.285. The van der Waals surface area contributed by atoms with E-state index in [0.29, 0.717) is 0 Å². The van der Waals surface area contributed by atoms with Crippen LogP contribution in [0.1, 0.15) is 96.8 Å². The molecule has 20 heavy (non-hydrogen) atoms. The molecule has 119 valence electrons. The van der Waals surface area contributed by atoms with E-state index in [9.17, 15) is 9.90 Å². The molecule has 0 aliphatic heterocycles. The number of unbranched alkanes of at least 4 members (excludes halogenated alkanes) is 12. The van der Waals surface area contributed by atoms with Crippen molar-refractivity contribution in [1.82, 2.24) is 0 Å². The number of carboxylic acid groups (broad SMARTS) is 1. The lowest BCUT2D eigenvalue weighted by atomic mass is 10.0. The Labute approximate surface area is 124 Å². The standard InChI is InChI=1S/C17H33O3/c1-2-3-4-5-6-7-8-9-10-11-12-13-14-15-16(18)17(19)20/h16H,2-15H2,1H3,(H,19,20). The fraction of sp³-hybridized carbons (Fsp3) is 0.941. The van der Waals surface area contributed by atoms with Gasteiger partial charge in [0.15, 0.2) is 6.10 Å². The van der Waals surface area contributed by atoms with E-state index in [1.165, 1.54) is 64.2 Å². The van der Waals surface area contributed by atoms with E-state index in [-0.39, 0.29) is 6.42 Å². The van der Waals surface area contributed by atoms with E-state index in [2.05, 4.69) is 6.92 Å². The van der Waals surface area contributed by atoms with Crippen LogP contribution in [0.5, 0.6) is 0 Å². The minimum atomic E-state index is -1.41. The van der Waals surface area contributed by atoms with Gasteiger partial charge in [-0.15, -0.1) is 0 Å². The maximum Gasteiger partial charge on any atom is 0.336 e. The summed E-state index contributed by atoms with van der Waals surface area (Å²) < 4.78 is 0. The first-order valence-electron chi connectivity index (χ1n) is 8.57. The van der Waals surface area contributed by atoms with E-state index in [1.54, 1.807) is 0 Å². The smallest absolute Gasteiger partial charge is 0.336 e. The molecule has 0 saturated heterocycles. The van der Waals surface area contributed by atoms with Crippen LogP contribution in [0.15, 0.2) is 0 Å². The Bertz CT molecular complexity index is 216. The number of carboxylic acids is 1. The first-order chi connectivity index (χ1) is 9.68. The molecule has 0 aliphatic carbocycles. The van der Waals surface area contributed by atoms with Crippen LogP contribution in [0, 0.1) is 0 Å². The summed E-state index contributed by atoms with van der Waals surface area (Å²) in [5, 5.41) is 19.4. The lowest BCUT2D eigenvalue weighted by Gasteiger charge is -2.04. The molecule has 0 aromatic heterocycles. The highest BCUT2D eigenvalue weighted by atomic mass is 16.4. The summed E-state index contributed by atoms with van der Waals surface area (Å²) in [6, 6.07) is 0. The zero-order valence-corrected chi connectivity index (χ0v) is 13.2. The Balaban J connectivity index is 3.04. The molecule has 0 bridgehead atoms. The van der Waals surface area contributed by atoms with Crippen molar-refractivity contribution in [2.24, 2.45) is 0 Å². The van der Waals surface area contributed by atoms with Crippen molar-refractivity contribution in [2.75, 3.05) is 0 Å². The van der Waals surface area contributed by atoms with E-state index >= 15 is 0 Å². The average Bonchev–Trinajstić information content (AvgIpc) is 2.43. The molecule has 3 heteroatoms. The summed E-state index contributed by atoms with van der Waals surface area (Å²) in [5.41, 5.74) is 0. The van der Waals surface area contributed by atoms with Crippen molar-refractivity contribution in [3.8, 4) is 0 Å². The van der Waals surface area contributed by atoms with Gasteiger partial charge < -0.3 is 5.11 Å². The lowest BCUT2D eigenvalue weighted by molar-refractivity contribution is -0.150. The minimum Gasteiger partial charge on any atom is -0.479 e. The fourth-order valence-corrected chi connectivity index (χ4v) is 2.47. The molecule has 1 N–H and O–H groups in total. The molecule has 0 aromatic rings. The Hall–Kier alpha value is -0.570. The van der Waals surface area contributed by atoms with Crippen molar-refractivity contribution in [1.29, 1.82) is 0 Å². The molecule has 0 aromatic carbocycles. The Morgan fingerprint density at radius 3 is 1.45 bits per heavy atom. The van der Waals surface area contributed by atoms with Crippen LogP contribution < -0.4 is 0 Å². The molecule has 1 radical (unpaired) electrons. The Morgan fingerprint density at radius 1 is 0.750 bits per heavy atom. The zero-order valence-electron chi connectivity index (χ0n) is 13.2. The normalized spacial score (nSPS) is 12.5. The van der Waals surface area contributed by atoms with Gasteiger partial charge in [-0.2, -0.15) is 0 Å². The number of hydrogen-bond acceptors (Lipinski definition) is 1. The third-order valence-electron chi connectivity index (χ3n) is 3.85. The highest BCUT2D eigenvalue weighted by Gasteiger charge is 2.13. The van der Waals surface area contributed by atoms with Crippen molar-refractivity contribution < 1.29 is 15.0 Å². The van der Waals surface area contributed by atoms with Crippen LogP contribution >= 0.6 is 0 Å². The highest BCUT2D eigenvalue weighted by Crippen LogP contribution is 2.13.